The highest BCUT2D eigenvalue weighted by atomic mass is 16.3. The molecule has 8 aromatic carbocycles. The van der Waals surface area contributed by atoms with E-state index in [1.54, 1.807) is 24.3 Å². The van der Waals surface area contributed by atoms with Crippen molar-refractivity contribution in [2.75, 3.05) is 0 Å². The number of fused-ring (bicyclic) bond motifs is 6. The molecule has 0 amide bonds. The summed E-state index contributed by atoms with van der Waals surface area (Å²) >= 11 is 0. The number of hydrogen-bond donors (Lipinski definition) is 0. The molecule has 0 aliphatic heterocycles. The molecule has 0 bridgehead atoms. The number of benzene rings is 8. The summed E-state index contributed by atoms with van der Waals surface area (Å²) in [5.74, 6) is -1.18. The molecule has 3 aromatic heterocycles. The normalized spacial score (nSPS) is 16.3. The zero-order valence-electron chi connectivity index (χ0n) is 47.7. The van der Waals surface area contributed by atoms with Gasteiger partial charge in [-0.3, -0.25) is 0 Å². The lowest BCUT2D eigenvalue weighted by atomic mass is 9.96. The molecular weight excluding hydrogens is 685 g/mol. The van der Waals surface area contributed by atoms with Gasteiger partial charge in [0, 0.05) is 38.4 Å². The Labute approximate surface area is 349 Å². The summed E-state index contributed by atoms with van der Waals surface area (Å²) in [6.45, 7) is 0. The summed E-state index contributed by atoms with van der Waals surface area (Å²) in [7, 11) is 0. The van der Waals surface area contributed by atoms with Crippen LogP contribution in [-0.4, -0.2) is 19.5 Å². The van der Waals surface area contributed by atoms with E-state index in [0.717, 1.165) is 15.7 Å². The van der Waals surface area contributed by atoms with Crippen LogP contribution in [0.2, 0.25) is 0 Å². The topological polar surface area (TPSA) is 56.7 Å². The zero-order valence-corrected chi connectivity index (χ0v) is 28.7. The Morgan fingerprint density at radius 1 is 0.411 bits per heavy atom. The molecule has 0 saturated carbocycles. The van der Waals surface area contributed by atoms with Crippen LogP contribution in [0.15, 0.2) is 198 Å². The van der Waals surface area contributed by atoms with Crippen LogP contribution < -0.4 is 0 Å². The monoisotopic (exact) mass is 735 g/mol. The van der Waals surface area contributed by atoms with Crippen molar-refractivity contribution in [3.8, 4) is 62.1 Å². The van der Waals surface area contributed by atoms with E-state index in [4.69, 9.17) is 37.2 Å². The van der Waals surface area contributed by atoms with E-state index in [-0.39, 0.29) is 27.6 Å². The van der Waals surface area contributed by atoms with Crippen molar-refractivity contribution in [3.05, 3.63) is 194 Å². The number of furan rings is 1. The molecule has 3 heterocycles. The summed E-state index contributed by atoms with van der Waals surface area (Å²) in [5.41, 5.74) is 0.129. The lowest BCUT2D eigenvalue weighted by Gasteiger charge is -2.13. The van der Waals surface area contributed by atoms with Crippen molar-refractivity contribution in [2.45, 2.75) is 0 Å². The Bertz CT molecular complexity index is 4320. The minimum Gasteiger partial charge on any atom is -0.455 e. The maximum atomic E-state index is 9.60. The maximum Gasteiger partial charge on any atom is 0.167 e. The van der Waals surface area contributed by atoms with Gasteiger partial charge in [-0.15, -0.1) is 0 Å². The molecule has 5 heteroatoms. The van der Waals surface area contributed by atoms with E-state index < -0.39 is 165 Å². The van der Waals surface area contributed by atoms with Gasteiger partial charge in [-0.25, -0.2) is 15.0 Å². The zero-order chi connectivity index (χ0) is 53.5. The summed E-state index contributed by atoms with van der Waals surface area (Å²) in [5, 5.41) is -1.31. The molecule has 0 radical (unpaired) electrons. The minimum atomic E-state index is -0.831. The summed E-state index contributed by atoms with van der Waals surface area (Å²) in [4.78, 5) is 14.5. The Morgan fingerprint density at radius 2 is 0.982 bits per heavy atom. The predicted molar refractivity (Wildman–Crippen MR) is 229 cm³/mol. The average molecular weight is 736 g/mol. The van der Waals surface area contributed by atoms with Crippen LogP contribution in [0.4, 0.5) is 0 Å². The van der Waals surface area contributed by atoms with Gasteiger partial charge in [0.1, 0.15) is 11.2 Å². The molecule has 11 aromatic rings. The maximum absolute atomic E-state index is 9.60. The van der Waals surface area contributed by atoms with E-state index in [0.29, 0.717) is 16.7 Å². The van der Waals surface area contributed by atoms with Crippen molar-refractivity contribution in [1.29, 1.82) is 0 Å². The van der Waals surface area contributed by atoms with E-state index >= 15 is 0 Å². The minimum absolute atomic E-state index is 0.183. The largest absolute Gasteiger partial charge is 0.455 e. The predicted octanol–water partition coefficient (Wildman–Crippen LogP) is 13.2. The van der Waals surface area contributed by atoms with Crippen LogP contribution in [-0.2, 0) is 0 Å². The molecule has 0 atom stereocenters. The van der Waals surface area contributed by atoms with Gasteiger partial charge in [-0.05, 0) is 58.5 Å². The Hall–Kier alpha value is -7.63. The van der Waals surface area contributed by atoms with E-state index in [1.807, 2.05) is 54.6 Å². The molecule has 11 rings (SSSR count). The van der Waals surface area contributed by atoms with E-state index in [9.17, 15) is 8.22 Å². The summed E-state index contributed by atoms with van der Waals surface area (Å²) < 4.78 is 177. The fourth-order valence-electron chi connectivity index (χ4n) is 6.93. The van der Waals surface area contributed by atoms with E-state index in [2.05, 4.69) is 0 Å². The molecule has 0 aliphatic rings. The van der Waals surface area contributed by atoms with Crippen LogP contribution in [0.1, 0.15) is 26.0 Å². The number of para-hydroxylation sites is 4. The van der Waals surface area contributed by atoms with Gasteiger partial charge in [-0.1, -0.05) is 157 Å². The molecule has 0 fully saturated rings. The fourth-order valence-corrected chi connectivity index (χ4v) is 6.93. The molecule has 0 spiro atoms. The van der Waals surface area contributed by atoms with E-state index in [1.165, 1.54) is 0 Å². The molecule has 0 N–H and O–H groups in total. The Balaban J connectivity index is 1.32. The third-order valence-electron chi connectivity index (χ3n) is 9.42. The molecule has 0 unspecified atom stereocenters. The first kappa shape index (κ1) is 18.1. The second kappa shape index (κ2) is 13.0. The summed E-state index contributed by atoms with van der Waals surface area (Å²) in [6, 6.07) is 10.0. The van der Waals surface area contributed by atoms with Crippen LogP contribution in [0, 0.1) is 0 Å². The molecule has 56 heavy (non-hydrogen) atoms. The second-order valence-corrected chi connectivity index (χ2v) is 12.6. The number of nitrogens with zero attached hydrogens (tertiary/aromatic N) is 4. The lowest BCUT2D eigenvalue weighted by molar-refractivity contribution is 0.669. The van der Waals surface area contributed by atoms with Gasteiger partial charge in [-0.2, -0.15) is 0 Å². The van der Waals surface area contributed by atoms with Crippen molar-refractivity contribution in [3.63, 3.8) is 0 Å². The van der Waals surface area contributed by atoms with Crippen molar-refractivity contribution in [1.82, 2.24) is 19.5 Å². The van der Waals surface area contributed by atoms with Gasteiger partial charge in [0.15, 0.2) is 17.5 Å². The van der Waals surface area contributed by atoms with Crippen molar-refractivity contribution >= 4 is 43.7 Å². The quantitative estimate of drug-likeness (QED) is 0.171. The number of aromatic nitrogens is 4. The Kier molecular flexibility index (Phi) is 4.22. The summed E-state index contributed by atoms with van der Waals surface area (Å²) in [6.07, 6.45) is 0. The number of rotatable bonds is 6. The molecule has 0 saturated heterocycles. The smallest absolute Gasteiger partial charge is 0.167 e. The molecule has 0 aliphatic carbocycles. The molecule has 262 valence electrons. The standard InChI is InChI=1S/C51H32N4O/c1-3-15-33(16-4-1)34-29-31-35(32-30-34)37-19-7-8-21-40(37)49-52-50(54-51(53-49)43-25-13-23-39-38-20-10-12-28-46(38)56-48(39)43)42-24-14-27-45-47(42)41-22-9-11-26-44(41)55(45)36-17-5-2-6-18-36/h1-32H/i2D,5D,6D,9D,10D,11D,12D,13D,14D,17D,18D,20D,22D,23D,24D,25D,26D,27D,28D. The number of hydrogen-bond acceptors (Lipinski definition) is 4. The highest BCUT2D eigenvalue weighted by Gasteiger charge is 2.22. The van der Waals surface area contributed by atoms with Gasteiger partial charge in [0.2, 0.25) is 0 Å². The van der Waals surface area contributed by atoms with Crippen LogP contribution in [0.25, 0.3) is 106 Å². The highest BCUT2D eigenvalue weighted by molar-refractivity contribution is 6.15. The lowest BCUT2D eigenvalue weighted by Crippen LogP contribution is -2.01. The first-order chi connectivity index (χ1) is 35.7. The first-order valence-corrected chi connectivity index (χ1v) is 17.2. The van der Waals surface area contributed by atoms with Crippen molar-refractivity contribution < 1.29 is 30.5 Å². The second-order valence-electron chi connectivity index (χ2n) is 12.6. The van der Waals surface area contributed by atoms with Crippen LogP contribution in [0.5, 0.6) is 0 Å². The third kappa shape index (κ3) is 5.21. The molecular formula is C51H32N4O. The Morgan fingerprint density at radius 3 is 1.80 bits per heavy atom. The van der Waals surface area contributed by atoms with Crippen molar-refractivity contribution in [2.24, 2.45) is 0 Å². The van der Waals surface area contributed by atoms with Gasteiger partial charge >= 0.3 is 0 Å². The van der Waals surface area contributed by atoms with Crippen LogP contribution in [0.3, 0.4) is 0 Å². The highest BCUT2D eigenvalue weighted by Crippen LogP contribution is 2.41. The third-order valence-corrected chi connectivity index (χ3v) is 9.42. The molecule has 5 nitrogen and oxygen atoms in total. The average Bonchev–Trinajstić information content (AvgIpc) is 4.11. The fraction of sp³-hybridized carbons (Fsp3) is 0. The first-order valence-electron chi connectivity index (χ1n) is 26.7. The van der Waals surface area contributed by atoms with Gasteiger partial charge in [0.25, 0.3) is 0 Å². The van der Waals surface area contributed by atoms with Gasteiger partial charge in [0.05, 0.1) is 42.6 Å². The SMILES string of the molecule is [2H]c1c([2H])c([2H])c(-n2c3c([2H])c([2H])c([2H])c([2H])c3c3c(-c4nc(-c5ccccc5-c5ccc(-c6ccccc6)cc5)nc(-c5c([2H])c([2H])c([2H])c6c5oc5c([2H])c([2H])c([2H])c([2H])c56)n4)c([2H])c([2H])c([2H])c32)c([2H])c1[2H]. The van der Waals surface area contributed by atoms with Gasteiger partial charge < -0.3 is 8.98 Å². The van der Waals surface area contributed by atoms with Crippen LogP contribution >= 0.6 is 0 Å².